The largest absolute Gasteiger partial charge is 0.273 e. The number of nitro groups is 1. The number of carbonyl (C=O) groups excluding carboxylic acids is 1. The SMILES string of the molecule is Cc1c(C(=O)N/N=C\c2ccc(Br)cc2)cccc1[N+](=O)[O-]. The number of hydrazone groups is 1. The van der Waals surface area contributed by atoms with Gasteiger partial charge in [-0.05, 0) is 30.7 Å². The normalized spacial score (nSPS) is 10.6. The molecule has 0 saturated carbocycles. The maximum absolute atomic E-state index is 12.0. The number of amides is 1. The molecule has 2 aromatic carbocycles. The molecule has 0 heterocycles. The summed E-state index contributed by atoms with van der Waals surface area (Å²) in [6.07, 6.45) is 1.50. The van der Waals surface area contributed by atoms with Crippen LogP contribution in [0.5, 0.6) is 0 Å². The number of halogens is 1. The third kappa shape index (κ3) is 3.76. The van der Waals surface area contributed by atoms with Crippen molar-refractivity contribution >= 4 is 33.7 Å². The zero-order chi connectivity index (χ0) is 16.1. The van der Waals surface area contributed by atoms with E-state index in [-0.39, 0.29) is 11.3 Å². The zero-order valence-corrected chi connectivity index (χ0v) is 13.2. The van der Waals surface area contributed by atoms with E-state index in [1.807, 2.05) is 24.3 Å². The smallest absolute Gasteiger partial charge is 0.267 e. The van der Waals surface area contributed by atoms with Crippen LogP contribution in [0.2, 0.25) is 0 Å². The maximum Gasteiger partial charge on any atom is 0.273 e. The maximum atomic E-state index is 12.0. The second-order valence-corrected chi connectivity index (χ2v) is 5.37. The summed E-state index contributed by atoms with van der Waals surface area (Å²) in [4.78, 5) is 22.4. The van der Waals surface area contributed by atoms with E-state index in [1.165, 1.54) is 31.3 Å². The number of hydrogen-bond donors (Lipinski definition) is 1. The topological polar surface area (TPSA) is 84.6 Å². The van der Waals surface area contributed by atoms with Crippen molar-refractivity contribution < 1.29 is 9.72 Å². The molecule has 0 unspecified atom stereocenters. The predicted octanol–water partition coefficient (Wildman–Crippen LogP) is 3.43. The highest BCUT2D eigenvalue weighted by Crippen LogP contribution is 2.20. The zero-order valence-electron chi connectivity index (χ0n) is 11.6. The van der Waals surface area contributed by atoms with Crippen LogP contribution in [0.4, 0.5) is 5.69 Å². The van der Waals surface area contributed by atoms with Crippen molar-refractivity contribution in [2.75, 3.05) is 0 Å². The number of hydrogen-bond acceptors (Lipinski definition) is 4. The molecule has 0 aromatic heterocycles. The van der Waals surface area contributed by atoms with Gasteiger partial charge in [0.2, 0.25) is 0 Å². The molecule has 2 rings (SSSR count). The van der Waals surface area contributed by atoms with Crippen molar-refractivity contribution in [3.63, 3.8) is 0 Å². The minimum absolute atomic E-state index is 0.0930. The van der Waals surface area contributed by atoms with Gasteiger partial charge in [0.25, 0.3) is 11.6 Å². The van der Waals surface area contributed by atoms with Crippen LogP contribution >= 0.6 is 15.9 Å². The van der Waals surface area contributed by atoms with E-state index in [9.17, 15) is 14.9 Å². The van der Waals surface area contributed by atoms with Crippen molar-refractivity contribution in [1.29, 1.82) is 0 Å². The average Bonchev–Trinajstić information content (AvgIpc) is 2.49. The Hall–Kier alpha value is -2.54. The number of nitro benzene ring substituents is 1. The Morgan fingerprint density at radius 1 is 1.27 bits per heavy atom. The van der Waals surface area contributed by atoms with Gasteiger partial charge in [0.1, 0.15) is 0 Å². The van der Waals surface area contributed by atoms with Crippen LogP contribution < -0.4 is 5.43 Å². The van der Waals surface area contributed by atoms with Gasteiger partial charge in [-0.25, -0.2) is 5.43 Å². The molecule has 0 atom stereocenters. The molecule has 0 radical (unpaired) electrons. The van der Waals surface area contributed by atoms with Gasteiger partial charge >= 0.3 is 0 Å². The molecule has 1 amide bonds. The molecule has 0 bridgehead atoms. The van der Waals surface area contributed by atoms with Crippen molar-refractivity contribution in [3.8, 4) is 0 Å². The Bertz CT molecular complexity index is 742. The van der Waals surface area contributed by atoms with Crippen LogP contribution in [0, 0.1) is 17.0 Å². The predicted molar refractivity (Wildman–Crippen MR) is 87.0 cm³/mol. The first-order chi connectivity index (χ1) is 10.5. The lowest BCUT2D eigenvalue weighted by molar-refractivity contribution is -0.385. The number of nitrogens with zero attached hydrogens (tertiary/aromatic N) is 2. The molecule has 22 heavy (non-hydrogen) atoms. The standard InChI is InChI=1S/C15H12BrN3O3/c1-10-13(3-2-4-14(10)19(21)22)15(20)18-17-9-11-5-7-12(16)8-6-11/h2-9H,1H3,(H,18,20)/b17-9-. The molecule has 0 aliphatic heterocycles. The molecule has 0 fully saturated rings. The third-order valence-electron chi connectivity index (χ3n) is 3.00. The summed E-state index contributed by atoms with van der Waals surface area (Å²) in [5.74, 6) is -0.491. The van der Waals surface area contributed by atoms with Crippen molar-refractivity contribution in [2.24, 2.45) is 5.10 Å². The van der Waals surface area contributed by atoms with Gasteiger partial charge in [-0.3, -0.25) is 14.9 Å². The molecule has 6 nitrogen and oxygen atoms in total. The Labute approximate surface area is 135 Å². The van der Waals surface area contributed by atoms with E-state index in [4.69, 9.17) is 0 Å². The summed E-state index contributed by atoms with van der Waals surface area (Å²) >= 11 is 3.32. The Balaban J connectivity index is 2.11. The van der Waals surface area contributed by atoms with Crippen LogP contribution in [0.25, 0.3) is 0 Å². The van der Waals surface area contributed by atoms with E-state index < -0.39 is 10.8 Å². The highest BCUT2D eigenvalue weighted by atomic mass is 79.9. The number of benzene rings is 2. The molecule has 0 aliphatic carbocycles. The van der Waals surface area contributed by atoms with Crippen molar-refractivity contribution in [1.82, 2.24) is 5.43 Å². The first kappa shape index (κ1) is 15.8. The van der Waals surface area contributed by atoms with Crippen LogP contribution in [-0.4, -0.2) is 17.0 Å². The number of carbonyl (C=O) groups is 1. The fraction of sp³-hybridized carbons (Fsp3) is 0.0667. The van der Waals surface area contributed by atoms with Crippen molar-refractivity contribution in [3.05, 3.63) is 73.7 Å². The average molecular weight is 362 g/mol. The summed E-state index contributed by atoms with van der Waals surface area (Å²) in [5, 5.41) is 14.7. The second-order valence-electron chi connectivity index (χ2n) is 4.46. The van der Waals surface area contributed by atoms with E-state index in [0.29, 0.717) is 5.56 Å². The van der Waals surface area contributed by atoms with Crippen molar-refractivity contribution in [2.45, 2.75) is 6.92 Å². The Morgan fingerprint density at radius 2 is 1.95 bits per heavy atom. The summed E-state index contributed by atoms with van der Waals surface area (Å²) < 4.78 is 0.945. The molecule has 112 valence electrons. The van der Waals surface area contributed by atoms with E-state index >= 15 is 0 Å². The fourth-order valence-electron chi connectivity index (χ4n) is 1.84. The molecular weight excluding hydrogens is 350 g/mol. The molecule has 0 saturated heterocycles. The first-order valence-corrected chi connectivity index (χ1v) is 7.11. The van der Waals surface area contributed by atoms with E-state index in [0.717, 1.165) is 10.0 Å². The highest BCUT2D eigenvalue weighted by molar-refractivity contribution is 9.10. The number of rotatable bonds is 4. The van der Waals surface area contributed by atoms with Gasteiger partial charge in [-0.1, -0.05) is 34.1 Å². The summed E-state index contributed by atoms with van der Waals surface area (Å²) in [5.41, 5.74) is 3.62. The molecule has 0 aliphatic rings. The first-order valence-electron chi connectivity index (χ1n) is 6.32. The lowest BCUT2D eigenvalue weighted by Gasteiger charge is -2.04. The molecule has 2 aromatic rings. The van der Waals surface area contributed by atoms with E-state index in [2.05, 4.69) is 26.5 Å². The van der Waals surface area contributed by atoms with Gasteiger partial charge < -0.3 is 0 Å². The molecule has 0 spiro atoms. The molecule has 1 N–H and O–H groups in total. The fourth-order valence-corrected chi connectivity index (χ4v) is 2.11. The third-order valence-corrected chi connectivity index (χ3v) is 3.52. The Morgan fingerprint density at radius 3 is 2.59 bits per heavy atom. The van der Waals surface area contributed by atoms with Gasteiger partial charge in [0, 0.05) is 16.1 Å². The minimum Gasteiger partial charge on any atom is -0.267 e. The monoisotopic (exact) mass is 361 g/mol. The minimum atomic E-state index is -0.517. The van der Waals surface area contributed by atoms with Gasteiger partial charge in [0.15, 0.2) is 0 Å². The highest BCUT2D eigenvalue weighted by Gasteiger charge is 2.17. The lowest BCUT2D eigenvalue weighted by atomic mass is 10.1. The second kappa shape index (κ2) is 6.95. The summed E-state index contributed by atoms with van der Waals surface area (Å²) in [6.45, 7) is 1.53. The van der Waals surface area contributed by atoms with Gasteiger partial charge in [0.05, 0.1) is 16.7 Å². The number of nitrogens with one attached hydrogen (secondary N) is 1. The Kier molecular flexibility index (Phi) is 5.00. The quantitative estimate of drug-likeness (QED) is 0.514. The van der Waals surface area contributed by atoms with E-state index in [1.54, 1.807) is 0 Å². The molecule has 7 heteroatoms. The summed E-state index contributed by atoms with van der Waals surface area (Å²) in [6, 6.07) is 11.7. The molecular formula is C15H12BrN3O3. The van der Waals surface area contributed by atoms with Gasteiger partial charge in [-0.15, -0.1) is 0 Å². The van der Waals surface area contributed by atoms with Gasteiger partial charge in [-0.2, -0.15) is 5.10 Å². The lowest BCUT2D eigenvalue weighted by Crippen LogP contribution is -2.19. The van der Waals surface area contributed by atoms with Crippen LogP contribution in [0.1, 0.15) is 21.5 Å². The van der Waals surface area contributed by atoms with Crippen LogP contribution in [-0.2, 0) is 0 Å². The van der Waals surface area contributed by atoms with Crippen LogP contribution in [0.3, 0.4) is 0 Å². The summed E-state index contributed by atoms with van der Waals surface area (Å²) in [7, 11) is 0. The van der Waals surface area contributed by atoms with Crippen LogP contribution in [0.15, 0.2) is 52.0 Å².